The number of hydrogen-bond donors (Lipinski definition) is 1. The first-order valence-electron chi connectivity index (χ1n) is 5.37. The zero-order chi connectivity index (χ0) is 12.0. The number of thiol groups is 1. The van der Waals surface area contributed by atoms with Gasteiger partial charge in [0, 0.05) is 6.54 Å². The molecule has 1 aromatic rings. The molecule has 0 aliphatic heterocycles. The molecule has 0 aromatic heterocycles. The molecule has 0 amide bonds. The maximum absolute atomic E-state index is 13.3. The van der Waals surface area contributed by atoms with Gasteiger partial charge in [-0.05, 0) is 55.9 Å². The summed E-state index contributed by atoms with van der Waals surface area (Å²) >= 11 is 4.13. The molecule has 1 aromatic carbocycles. The van der Waals surface area contributed by atoms with Crippen molar-refractivity contribution in [1.29, 1.82) is 0 Å². The number of rotatable bonds is 6. The molecule has 1 rings (SSSR count). The van der Waals surface area contributed by atoms with Crippen LogP contribution in [-0.2, 0) is 6.42 Å². The van der Waals surface area contributed by atoms with Crippen LogP contribution in [-0.4, -0.2) is 30.8 Å². The third-order valence-electron chi connectivity index (χ3n) is 2.47. The van der Waals surface area contributed by atoms with Crippen molar-refractivity contribution in [2.24, 2.45) is 0 Å². The summed E-state index contributed by atoms with van der Waals surface area (Å²) in [5, 5.41) is 0. The van der Waals surface area contributed by atoms with Gasteiger partial charge in [-0.25, -0.2) is 8.78 Å². The van der Waals surface area contributed by atoms with Crippen LogP contribution in [0.5, 0.6) is 0 Å². The first kappa shape index (κ1) is 13.5. The molecule has 0 spiro atoms. The second-order valence-corrected chi connectivity index (χ2v) is 4.31. The summed E-state index contributed by atoms with van der Waals surface area (Å²) in [5.41, 5.74) is 0.442. The minimum Gasteiger partial charge on any atom is -0.306 e. The van der Waals surface area contributed by atoms with E-state index in [4.69, 9.17) is 0 Å². The van der Waals surface area contributed by atoms with E-state index in [0.29, 0.717) is 12.0 Å². The molecule has 4 heteroatoms. The van der Waals surface area contributed by atoms with E-state index in [1.807, 2.05) is 7.05 Å². The average molecular weight is 245 g/mol. The predicted octanol–water partition coefficient (Wildman–Crippen LogP) is 2.76. The summed E-state index contributed by atoms with van der Waals surface area (Å²) in [6, 6.07) is 3.59. The largest absolute Gasteiger partial charge is 0.306 e. The van der Waals surface area contributed by atoms with Crippen LogP contribution in [0.1, 0.15) is 12.0 Å². The number of likely N-dealkylation sites (N-methyl/N-ethyl adjacent to an activating group) is 1. The SMILES string of the molecule is CN(CCCS)CCc1cc(F)ccc1F. The summed E-state index contributed by atoms with van der Waals surface area (Å²) in [6.45, 7) is 1.66. The molecule has 0 unspecified atom stereocenters. The van der Waals surface area contributed by atoms with Gasteiger partial charge in [-0.15, -0.1) is 0 Å². The Morgan fingerprint density at radius 2 is 2.00 bits per heavy atom. The van der Waals surface area contributed by atoms with Gasteiger partial charge in [0.2, 0.25) is 0 Å². The Kier molecular flexibility index (Phi) is 5.77. The van der Waals surface area contributed by atoms with Crippen LogP contribution in [0.4, 0.5) is 8.78 Å². The Hall–Kier alpha value is -0.610. The second kappa shape index (κ2) is 6.86. The van der Waals surface area contributed by atoms with Gasteiger partial charge in [-0.1, -0.05) is 0 Å². The van der Waals surface area contributed by atoms with E-state index in [9.17, 15) is 8.78 Å². The van der Waals surface area contributed by atoms with Crippen molar-refractivity contribution in [2.75, 3.05) is 25.9 Å². The van der Waals surface area contributed by atoms with Crippen LogP contribution >= 0.6 is 12.6 Å². The molecule has 0 atom stereocenters. The summed E-state index contributed by atoms with van der Waals surface area (Å²) in [7, 11) is 1.97. The second-order valence-electron chi connectivity index (χ2n) is 3.87. The molecule has 0 aliphatic rings. The fourth-order valence-electron chi connectivity index (χ4n) is 1.50. The van der Waals surface area contributed by atoms with Crippen molar-refractivity contribution in [3.8, 4) is 0 Å². The highest BCUT2D eigenvalue weighted by molar-refractivity contribution is 7.80. The Balaban J connectivity index is 2.44. The average Bonchev–Trinajstić information content (AvgIpc) is 2.27. The molecule has 0 N–H and O–H groups in total. The quantitative estimate of drug-likeness (QED) is 0.754. The zero-order valence-electron chi connectivity index (χ0n) is 9.42. The first-order chi connectivity index (χ1) is 7.63. The number of nitrogens with zero attached hydrogens (tertiary/aromatic N) is 1. The molecular formula is C12H17F2NS. The predicted molar refractivity (Wildman–Crippen MR) is 66.0 cm³/mol. The molecule has 0 saturated heterocycles. The molecule has 16 heavy (non-hydrogen) atoms. The molecule has 0 saturated carbocycles. The van der Waals surface area contributed by atoms with Gasteiger partial charge in [0.1, 0.15) is 11.6 Å². The summed E-state index contributed by atoms with van der Waals surface area (Å²) in [4.78, 5) is 2.10. The lowest BCUT2D eigenvalue weighted by Crippen LogP contribution is -2.23. The van der Waals surface area contributed by atoms with Gasteiger partial charge in [0.15, 0.2) is 0 Å². The van der Waals surface area contributed by atoms with E-state index in [-0.39, 0.29) is 11.6 Å². The molecule has 0 heterocycles. The highest BCUT2D eigenvalue weighted by Gasteiger charge is 2.05. The lowest BCUT2D eigenvalue weighted by atomic mass is 10.1. The normalized spacial score (nSPS) is 11.1. The molecule has 0 bridgehead atoms. The molecule has 1 nitrogen and oxygen atoms in total. The molecule has 0 radical (unpaired) electrons. The molecule has 90 valence electrons. The van der Waals surface area contributed by atoms with Gasteiger partial charge in [0.25, 0.3) is 0 Å². The van der Waals surface area contributed by atoms with Crippen molar-refractivity contribution in [2.45, 2.75) is 12.8 Å². The minimum atomic E-state index is -0.380. The summed E-state index contributed by atoms with van der Waals surface area (Å²) in [6.07, 6.45) is 1.54. The number of hydrogen-bond acceptors (Lipinski definition) is 2. The molecular weight excluding hydrogens is 228 g/mol. The monoisotopic (exact) mass is 245 g/mol. The third kappa shape index (κ3) is 4.49. The Bertz CT molecular complexity index is 331. The van der Waals surface area contributed by atoms with Crippen LogP contribution < -0.4 is 0 Å². The van der Waals surface area contributed by atoms with Crippen LogP contribution in [0.3, 0.4) is 0 Å². The lowest BCUT2D eigenvalue weighted by Gasteiger charge is -2.15. The van der Waals surface area contributed by atoms with E-state index in [2.05, 4.69) is 17.5 Å². The van der Waals surface area contributed by atoms with Crippen molar-refractivity contribution >= 4 is 12.6 Å². The van der Waals surface area contributed by atoms with Crippen LogP contribution in [0, 0.1) is 11.6 Å². The van der Waals surface area contributed by atoms with Crippen LogP contribution in [0.25, 0.3) is 0 Å². The van der Waals surface area contributed by atoms with Crippen molar-refractivity contribution in [3.63, 3.8) is 0 Å². The van der Waals surface area contributed by atoms with Crippen molar-refractivity contribution < 1.29 is 8.78 Å². The van der Waals surface area contributed by atoms with Gasteiger partial charge in [0.05, 0.1) is 0 Å². The molecule has 0 fully saturated rings. The van der Waals surface area contributed by atoms with E-state index in [1.165, 1.54) is 12.1 Å². The zero-order valence-corrected chi connectivity index (χ0v) is 10.3. The van der Waals surface area contributed by atoms with Gasteiger partial charge >= 0.3 is 0 Å². The summed E-state index contributed by atoms with van der Waals surface area (Å²) < 4.78 is 26.2. The maximum Gasteiger partial charge on any atom is 0.126 e. The van der Waals surface area contributed by atoms with Gasteiger partial charge in [-0.3, -0.25) is 0 Å². The highest BCUT2D eigenvalue weighted by atomic mass is 32.1. The summed E-state index contributed by atoms with van der Waals surface area (Å²) in [5.74, 6) is 0.136. The minimum absolute atomic E-state index is 0.330. The van der Waals surface area contributed by atoms with Gasteiger partial charge < -0.3 is 4.90 Å². The van der Waals surface area contributed by atoms with Gasteiger partial charge in [-0.2, -0.15) is 12.6 Å². The van der Waals surface area contributed by atoms with Crippen LogP contribution in [0.15, 0.2) is 18.2 Å². The van der Waals surface area contributed by atoms with Crippen molar-refractivity contribution in [1.82, 2.24) is 4.90 Å². The Morgan fingerprint density at radius 3 is 2.69 bits per heavy atom. The first-order valence-corrected chi connectivity index (χ1v) is 6.00. The van der Waals surface area contributed by atoms with E-state index < -0.39 is 0 Å². The van der Waals surface area contributed by atoms with E-state index in [0.717, 1.165) is 31.3 Å². The Morgan fingerprint density at radius 1 is 1.25 bits per heavy atom. The van der Waals surface area contributed by atoms with E-state index >= 15 is 0 Å². The lowest BCUT2D eigenvalue weighted by molar-refractivity contribution is 0.338. The highest BCUT2D eigenvalue weighted by Crippen LogP contribution is 2.10. The third-order valence-corrected chi connectivity index (χ3v) is 2.78. The van der Waals surface area contributed by atoms with E-state index in [1.54, 1.807) is 0 Å². The maximum atomic E-state index is 13.3. The Labute approximate surface area is 101 Å². The smallest absolute Gasteiger partial charge is 0.126 e. The van der Waals surface area contributed by atoms with Crippen LogP contribution in [0.2, 0.25) is 0 Å². The number of benzene rings is 1. The topological polar surface area (TPSA) is 3.24 Å². The fourth-order valence-corrected chi connectivity index (χ4v) is 1.64. The number of halogens is 2. The van der Waals surface area contributed by atoms with Crippen molar-refractivity contribution in [3.05, 3.63) is 35.4 Å². The fraction of sp³-hybridized carbons (Fsp3) is 0.500. The standard InChI is InChI=1S/C12H17F2NS/c1-15(6-2-8-16)7-5-10-9-11(13)3-4-12(10)14/h3-4,9,16H,2,5-8H2,1H3. The molecule has 0 aliphatic carbocycles.